The van der Waals surface area contributed by atoms with E-state index in [-0.39, 0.29) is 5.91 Å². The van der Waals surface area contributed by atoms with Crippen LogP contribution in [0.2, 0.25) is 0 Å². The van der Waals surface area contributed by atoms with Crippen LogP contribution < -0.4 is 10.1 Å². The number of nitrogens with one attached hydrogen (secondary N) is 1. The van der Waals surface area contributed by atoms with Crippen molar-refractivity contribution in [2.24, 2.45) is 0 Å². The molecule has 1 amide bonds. The number of halogens is 2. The average molecular weight is 397 g/mol. The summed E-state index contributed by atoms with van der Waals surface area (Å²) in [5.41, 5.74) is 1.80. The number of amides is 1. The molecule has 1 N–H and O–H groups in total. The molecule has 1 aliphatic heterocycles. The average Bonchev–Trinajstić information content (AvgIpc) is 2.87. The molecule has 1 heterocycles. The van der Waals surface area contributed by atoms with Gasteiger partial charge in [-0.15, -0.1) is 0 Å². The summed E-state index contributed by atoms with van der Waals surface area (Å²) in [6.07, 6.45) is 0.131. The standard InChI is InChI=1S/C15H11Br2NO2/c16-10-5-6-11(17)12(8-10)18-15(19)14-7-9-3-1-2-4-13(9)20-14/h1-6,8,14H,7H2,(H,18,19). The molecular weight excluding hydrogens is 386 g/mol. The van der Waals surface area contributed by atoms with E-state index in [0.717, 1.165) is 25.9 Å². The molecule has 0 saturated carbocycles. The number of benzene rings is 2. The third-order valence-electron chi connectivity index (χ3n) is 3.13. The molecule has 102 valence electrons. The normalized spacial score (nSPS) is 16.4. The highest BCUT2D eigenvalue weighted by Crippen LogP contribution is 2.30. The molecule has 2 aromatic rings. The van der Waals surface area contributed by atoms with Crippen molar-refractivity contribution in [3.8, 4) is 5.75 Å². The number of anilines is 1. The maximum Gasteiger partial charge on any atom is 0.265 e. The SMILES string of the molecule is O=C(Nc1cc(Br)ccc1Br)C1Cc2ccccc2O1. The first-order valence-corrected chi connectivity index (χ1v) is 7.72. The lowest BCUT2D eigenvalue weighted by molar-refractivity contribution is -0.122. The second-order valence-electron chi connectivity index (χ2n) is 4.53. The van der Waals surface area contributed by atoms with Gasteiger partial charge in [-0.25, -0.2) is 0 Å². The molecule has 0 fully saturated rings. The number of hydrogen-bond donors (Lipinski definition) is 1. The Bertz CT molecular complexity index is 648. The fourth-order valence-electron chi connectivity index (χ4n) is 2.13. The second-order valence-corrected chi connectivity index (χ2v) is 6.30. The van der Waals surface area contributed by atoms with Crippen molar-refractivity contribution < 1.29 is 9.53 Å². The molecule has 3 rings (SSSR count). The predicted molar refractivity (Wildman–Crippen MR) is 85.0 cm³/mol. The molecule has 1 atom stereocenters. The molecule has 0 saturated heterocycles. The van der Waals surface area contributed by atoms with Gasteiger partial charge in [-0.05, 0) is 45.8 Å². The van der Waals surface area contributed by atoms with Gasteiger partial charge in [0.1, 0.15) is 5.75 Å². The van der Waals surface area contributed by atoms with Gasteiger partial charge in [0.25, 0.3) is 5.91 Å². The largest absolute Gasteiger partial charge is 0.480 e. The number of rotatable bonds is 2. The van der Waals surface area contributed by atoms with Crippen LogP contribution in [0.3, 0.4) is 0 Å². The van der Waals surface area contributed by atoms with Gasteiger partial charge in [0.05, 0.1) is 5.69 Å². The van der Waals surface area contributed by atoms with E-state index in [1.54, 1.807) is 0 Å². The maximum atomic E-state index is 12.3. The van der Waals surface area contributed by atoms with E-state index < -0.39 is 6.10 Å². The summed E-state index contributed by atoms with van der Waals surface area (Å²) in [6, 6.07) is 13.4. The van der Waals surface area contributed by atoms with Crippen LogP contribution in [0.4, 0.5) is 5.69 Å². The molecule has 0 radical (unpaired) electrons. The Morgan fingerprint density at radius 2 is 2.00 bits per heavy atom. The third kappa shape index (κ3) is 2.74. The fourth-order valence-corrected chi connectivity index (χ4v) is 2.84. The van der Waals surface area contributed by atoms with Gasteiger partial charge in [0.15, 0.2) is 6.10 Å². The van der Waals surface area contributed by atoms with E-state index in [1.807, 2.05) is 42.5 Å². The van der Waals surface area contributed by atoms with Gasteiger partial charge in [0, 0.05) is 15.4 Å². The summed E-state index contributed by atoms with van der Waals surface area (Å²) in [4.78, 5) is 12.3. The first kappa shape index (κ1) is 13.6. The van der Waals surface area contributed by atoms with Crippen LogP contribution in [-0.4, -0.2) is 12.0 Å². The van der Waals surface area contributed by atoms with Crippen molar-refractivity contribution in [1.29, 1.82) is 0 Å². The molecule has 1 unspecified atom stereocenters. The van der Waals surface area contributed by atoms with Crippen LogP contribution in [0.5, 0.6) is 5.75 Å². The summed E-state index contributed by atoms with van der Waals surface area (Å²) >= 11 is 6.81. The Morgan fingerprint density at radius 1 is 1.20 bits per heavy atom. The summed E-state index contributed by atoms with van der Waals surface area (Å²) in [6.45, 7) is 0. The van der Waals surface area contributed by atoms with E-state index in [0.29, 0.717) is 6.42 Å². The quantitative estimate of drug-likeness (QED) is 0.827. The zero-order chi connectivity index (χ0) is 14.1. The molecule has 0 aromatic heterocycles. The smallest absolute Gasteiger partial charge is 0.265 e. The molecule has 20 heavy (non-hydrogen) atoms. The number of carbonyl (C=O) groups excluding carboxylic acids is 1. The van der Waals surface area contributed by atoms with Crippen LogP contribution >= 0.6 is 31.9 Å². The highest BCUT2D eigenvalue weighted by Gasteiger charge is 2.29. The molecule has 1 aliphatic rings. The number of carbonyl (C=O) groups is 1. The highest BCUT2D eigenvalue weighted by molar-refractivity contribution is 9.11. The Labute approximate surface area is 133 Å². The zero-order valence-corrected chi connectivity index (χ0v) is 13.6. The van der Waals surface area contributed by atoms with E-state index in [2.05, 4.69) is 37.2 Å². The first-order chi connectivity index (χ1) is 9.63. The van der Waals surface area contributed by atoms with Crippen molar-refractivity contribution in [2.45, 2.75) is 12.5 Å². The van der Waals surface area contributed by atoms with Crippen LogP contribution in [-0.2, 0) is 11.2 Å². The number of hydrogen-bond acceptors (Lipinski definition) is 2. The van der Waals surface area contributed by atoms with Crippen LogP contribution in [0.15, 0.2) is 51.4 Å². The van der Waals surface area contributed by atoms with Crippen LogP contribution in [0, 0.1) is 0 Å². The minimum atomic E-state index is -0.474. The van der Waals surface area contributed by atoms with E-state index in [1.165, 1.54) is 0 Å². The lowest BCUT2D eigenvalue weighted by atomic mass is 10.1. The van der Waals surface area contributed by atoms with Gasteiger partial charge in [0.2, 0.25) is 0 Å². The van der Waals surface area contributed by atoms with Gasteiger partial charge in [-0.1, -0.05) is 34.1 Å². The third-order valence-corrected chi connectivity index (χ3v) is 4.31. The zero-order valence-electron chi connectivity index (χ0n) is 10.4. The topological polar surface area (TPSA) is 38.3 Å². The predicted octanol–water partition coefficient (Wildman–Crippen LogP) is 4.15. The van der Waals surface area contributed by atoms with Crippen LogP contribution in [0.1, 0.15) is 5.56 Å². The fraction of sp³-hybridized carbons (Fsp3) is 0.133. The van der Waals surface area contributed by atoms with Gasteiger partial charge in [-0.2, -0.15) is 0 Å². The van der Waals surface area contributed by atoms with E-state index in [9.17, 15) is 4.79 Å². The van der Waals surface area contributed by atoms with Crippen molar-refractivity contribution in [3.63, 3.8) is 0 Å². The van der Waals surface area contributed by atoms with Gasteiger partial charge < -0.3 is 10.1 Å². The van der Waals surface area contributed by atoms with Gasteiger partial charge >= 0.3 is 0 Å². The molecule has 3 nitrogen and oxygen atoms in total. The minimum absolute atomic E-state index is 0.139. The Kier molecular flexibility index (Phi) is 3.81. The van der Waals surface area contributed by atoms with Crippen molar-refractivity contribution in [3.05, 3.63) is 57.0 Å². The molecule has 0 aliphatic carbocycles. The van der Waals surface area contributed by atoms with E-state index in [4.69, 9.17) is 4.74 Å². The second kappa shape index (κ2) is 5.58. The monoisotopic (exact) mass is 395 g/mol. The summed E-state index contributed by atoms with van der Waals surface area (Å²) < 4.78 is 7.42. The molecular formula is C15H11Br2NO2. The summed E-state index contributed by atoms with van der Waals surface area (Å²) in [7, 11) is 0. The maximum absolute atomic E-state index is 12.3. The Morgan fingerprint density at radius 3 is 2.80 bits per heavy atom. The molecule has 2 aromatic carbocycles. The summed E-state index contributed by atoms with van der Waals surface area (Å²) in [5, 5.41) is 2.89. The van der Waals surface area contributed by atoms with Gasteiger partial charge in [-0.3, -0.25) is 4.79 Å². The molecule has 5 heteroatoms. The lowest BCUT2D eigenvalue weighted by Crippen LogP contribution is -2.31. The van der Waals surface area contributed by atoms with E-state index >= 15 is 0 Å². The molecule has 0 bridgehead atoms. The van der Waals surface area contributed by atoms with Crippen molar-refractivity contribution >= 4 is 43.5 Å². The summed E-state index contributed by atoms with van der Waals surface area (Å²) in [5.74, 6) is 0.654. The van der Waals surface area contributed by atoms with Crippen molar-refractivity contribution in [2.75, 3.05) is 5.32 Å². The number of para-hydroxylation sites is 1. The number of fused-ring (bicyclic) bond motifs is 1. The Hall–Kier alpha value is -1.33. The lowest BCUT2D eigenvalue weighted by Gasteiger charge is -2.12. The first-order valence-electron chi connectivity index (χ1n) is 6.14. The van der Waals surface area contributed by atoms with Crippen molar-refractivity contribution in [1.82, 2.24) is 0 Å². The Balaban J connectivity index is 1.74. The number of ether oxygens (including phenoxy) is 1. The van der Waals surface area contributed by atoms with Crippen LogP contribution in [0.25, 0.3) is 0 Å². The molecule has 0 spiro atoms. The minimum Gasteiger partial charge on any atom is -0.480 e. The highest BCUT2D eigenvalue weighted by atomic mass is 79.9.